The van der Waals surface area contributed by atoms with E-state index in [1.165, 1.54) is 30.2 Å². The highest BCUT2D eigenvalue weighted by Crippen LogP contribution is 2.54. The second-order valence-corrected chi connectivity index (χ2v) is 9.78. The molecule has 2 fully saturated rings. The van der Waals surface area contributed by atoms with Crippen LogP contribution in [-0.4, -0.2) is 52.1 Å². The van der Waals surface area contributed by atoms with E-state index in [1.807, 2.05) is 0 Å². The van der Waals surface area contributed by atoms with E-state index in [0.29, 0.717) is 21.7 Å². The van der Waals surface area contributed by atoms with Crippen molar-refractivity contribution in [2.45, 2.75) is 18.0 Å². The number of benzene rings is 3. The van der Waals surface area contributed by atoms with Gasteiger partial charge in [-0.25, -0.2) is 4.79 Å². The molecule has 0 spiro atoms. The molecule has 3 aromatic rings. The van der Waals surface area contributed by atoms with Gasteiger partial charge < -0.3 is 9.64 Å². The number of nitro benzene ring substituents is 1. The number of carbonyl (C=O) groups is 3. The van der Waals surface area contributed by atoms with Crippen molar-refractivity contribution in [3.8, 4) is 5.75 Å². The van der Waals surface area contributed by atoms with Crippen molar-refractivity contribution < 1.29 is 24.0 Å². The van der Waals surface area contributed by atoms with Gasteiger partial charge in [-0.3, -0.25) is 24.6 Å². The molecule has 2 heterocycles. The third-order valence-corrected chi connectivity index (χ3v) is 7.56. The van der Waals surface area contributed by atoms with Gasteiger partial charge in [-0.05, 0) is 29.3 Å². The zero-order valence-electron chi connectivity index (χ0n) is 20.9. The molecule has 2 aliphatic rings. The standard InChI is InChI=1S/C29H24ClN3O6/c1-3-15-31-28(35)26-23(17-9-12-20(30)13-10-17)24(27(34)18-7-5-4-6-8-18)25(32(26)29(31)36)19-11-14-22(39-2)21(16-19)33(37)38/h3-14,16,23-26H,1,15H2,2H3. The highest BCUT2D eigenvalue weighted by Gasteiger charge is 2.63. The molecule has 10 heteroatoms. The van der Waals surface area contributed by atoms with Gasteiger partial charge in [0.2, 0.25) is 0 Å². The maximum Gasteiger partial charge on any atom is 0.328 e. The number of ether oxygens (including phenoxy) is 1. The van der Waals surface area contributed by atoms with Crippen LogP contribution in [0.25, 0.3) is 0 Å². The van der Waals surface area contributed by atoms with Crippen LogP contribution in [0, 0.1) is 16.0 Å². The molecule has 0 aromatic heterocycles. The van der Waals surface area contributed by atoms with Gasteiger partial charge in [0, 0.05) is 29.1 Å². The Morgan fingerprint density at radius 2 is 1.72 bits per heavy atom. The third kappa shape index (κ3) is 4.34. The minimum absolute atomic E-state index is 0.00914. The molecule has 0 bridgehead atoms. The SMILES string of the molecule is C=CCN1C(=O)C2C(c3ccc(Cl)cc3)C(C(=O)c3ccccc3)C(c3ccc(OC)c([N+](=O)[O-])c3)N2C1=O. The fourth-order valence-corrected chi connectivity index (χ4v) is 5.82. The number of nitrogens with zero attached hydrogens (tertiary/aromatic N) is 3. The van der Waals surface area contributed by atoms with E-state index in [9.17, 15) is 24.5 Å². The number of rotatable bonds is 8. The number of urea groups is 1. The van der Waals surface area contributed by atoms with Gasteiger partial charge in [-0.15, -0.1) is 6.58 Å². The lowest BCUT2D eigenvalue weighted by Gasteiger charge is -2.28. The topological polar surface area (TPSA) is 110 Å². The summed E-state index contributed by atoms with van der Waals surface area (Å²) in [5, 5.41) is 12.4. The zero-order chi connectivity index (χ0) is 27.8. The van der Waals surface area contributed by atoms with Gasteiger partial charge in [0.15, 0.2) is 11.5 Å². The molecule has 4 atom stereocenters. The summed E-state index contributed by atoms with van der Waals surface area (Å²) in [5.74, 6) is -2.38. The Kier molecular flexibility index (Phi) is 6.93. The highest BCUT2D eigenvalue weighted by molar-refractivity contribution is 6.30. The van der Waals surface area contributed by atoms with Crippen LogP contribution in [0.15, 0.2) is 85.5 Å². The van der Waals surface area contributed by atoms with Crippen LogP contribution in [0.3, 0.4) is 0 Å². The van der Waals surface area contributed by atoms with Crippen molar-refractivity contribution in [1.82, 2.24) is 9.80 Å². The minimum Gasteiger partial charge on any atom is -0.490 e. The lowest BCUT2D eigenvalue weighted by molar-refractivity contribution is -0.385. The summed E-state index contributed by atoms with van der Waals surface area (Å²) >= 11 is 6.15. The number of ketones is 1. The van der Waals surface area contributed by atoms with Gasteiger partial charge in [0.05, 0.1) is 24.0 Å². The number of hydrogen-bond acceptors (Lipinski definition) is 6. The molecule has 198 valence electrons. The van der Waals surface area contributed by atoms with Gasteiger partial charge >= 0.3 is 11.7 Å². The van der Waals surface area contributed by atoms with Gasteiger partial charge in [-0.1, -0.05) is 66.2 Å². The predicted octanol–water partition coefficient (Wildman–Crippen LogP) is 5.41. The maximum absolute atomic E-state index is 14.2. The van der Waals surface area contributed by atoms with Crippen molar-refractivity contribution in [3.63, 3.8) is 0 Å². The van der Waals surface area contributed by atoms with Crippen molar-refractivity contribution in [1.29, 1.82) is 0 Å². The Hall–Kier alpha value is -4.50. The van der Waals surface area contributed by atoms with Gasteiger partial charge in [-0.2, -0.15) is 0 Å². The molecule has 4 unspecified atom stereocenters. The predicted molar refractivity (Wildman–Crippen MR) is 144 cm³/mol. The number of imide groups is 1. The molecule has 3 amide bonds. The molecule has 39 heavy (non-hydrogen) atoms. The number of hydrogen-bond donors (Lipinski definition) is 0. The van der Waals surface area contributed by atoms with E-state index in [1.54, 1.807) is 60.7 Å². The molecule has 0 radical (unpaired) electrons. The molecule has 5 rings (SSSR count). The number of halogens is 1. The first kappa shape index (κ1) is 26.1. The maximum atomic E-state index is 14.2. The summed E-state index contributed by atoms with van der Waals surface area (Å²) in [6, 6.07) is 17.2. The largest absolute Gasteiger partial charge is 0.490 e. The van der Waals surface area contributed by atoms with E-state index in [2.05, 4.69) is 6.58 Å². The van der Waals surface area contributed by atoms with Crippen molar-refractivity contribution >= 4 is 35.0 Å². The fourth-order valence-electron chi connectivity index (χ4n) is 5.69. The summed E-state index contributed by atoms with van der Waals surface area (Å²) in [5.41, 5.74) is 1.09. The van der Waals surface area contributed by atoms with Crippen LogP contribution in [0.5, 0.6) is 5.75 Å². The van der Waals surface area contributed by atoms with Crippen molar-refractivity contribution in [2.24, 2.45) is 5.92 Å². The highest BCUT2D eigenvalue weighted by atomic mass is 35.5. The molecule has 3 aromatic carbocycles. The first-order valence-corrected chi connectivity index (χ1v) is 12.6. The molecule has 9 nitrogen and oxygen atoms in total. The monoisotopic (exact) mass is 545 g/mol. The normalized spacial score (nSPS) is 22.1. The summed E-state index contributed by atoms with van der Waals surface area (Å²) in [6.45, 7) is 3.65. The number of methoxy groups -OCH3 is 1. The Bertz CT molecular complexity index is 1480. The van der Waals surface area contributed by atoms with Crippen LogP contribution in [0.2, 0.25) is 5.02 Å². The number of carbonyl (C=O) groups excluding carboxylic acids is 3. The molecule has 0 aliphatic carbocycles. The van der Waals surface area contributed by atoms with Crippen LogP contribution < -0.4 is 4.74 Å². The molecule has 2 saturated heterocycles. The third-order valence-electron chi connectivity index (χ3n) is 7.31. The number of Topliss-reactive ketones (excluding diaryl/α,β-unsaturated/α-hetero) is 1. The van der Waals surface area contributed by atoms with Gasteiger partial charge in [0.25, 0.3) is 5.91 Å². The summed E-state index contributed by atoms with van der Waals surface area (Å²) in [6.07, 6.45) is 1.45. The minimum atomic E-state index is -1.01. The summed E-state index contributed by atoms with van der Waals surface area (Å²) in [7, 11) is 1.32. The van der Waals surface area contributed by atoms with Crippen LogP contribution in [-0.2, 0) is 4.79 Å². The van der Waals surface area contributed by atoms with E-state index in [-0.39, 0.29) is 23.8 Å². The average Bonchev–Trinajstić information content (AvgIpc) is 3.42. The second-order valence-electron chi connectivity index (χ2n) is 9.34. The number of nitro groups is 1. The van der Waals surface area contributed by atoms with E-state index in [0.717, 1.165) is 4.90 Å². The smallest absolute Gasteiger partial charge is 0.328 e. The molecule has 2 aliphatic heterocycles. The van der Waals surface area contributed by atoms with E-state index >= 15 is 0 Å². The number of fused-ring (bicyclic) bond motifs is 1. The van der Waals surface area contributed by atoms with Gasteiger partial charge in [0.1, 0.15) is 6.04 Å². The van der Waals surface area contributed by atoms with Crippen molar-refractivity contribution in [2.75, 3.05) is 13.7 Å². The summed E-state index contributed by atoms with van der Waals surface area (Å²) in [4.78, 5) is 55.5. The molecular weight excluding hydrogens is 522 g/mol. The molecule has 0 saturated carbocycles. The Morgan fingerprint density at radius 3 is 2.33 bits per heavy atom. The van der Waals surface area contributed by atoms with E-state index < -0.39 is 40.8 Å². The Labute approximate surface area is 229 Å². The van der Waals surface area contributed by atoms with Crippen LogP contribution in [0.1, 0.15) is 33.4 Å². The Balaban J connectivity index is 1.76. The summed E-state index contributed by atoms with van der Waals surface area (Å²) < 4.78 is 5.17. The average molecular weight is 546 g/mol. The van der Waals surface area contributed by atoms with Crippen LogP contribution >= 0.6 is 11.6 Å². The molecule has 0 N–H and O–H groups in total. The molecular formula is C29H24ClN3O6. The quantitative estimate of drug-likeness (QED) is 0.123. The van der Waals surface area contributed by atoms with E-state index in [4.69, 9.17) is 16.3 Å². The lowest BCUT2D eigenvalue weighted by atomic mass is 9.75. The lowest BCUT2D eigenvalue weighted by Crippen LogP contribution is -2.38. The van der Waals surface area contributed by atoms with Crippen LogP contribution in [0.4, 0.5) is 10.5 Å². The Morgan fingerprint density at radius 1 is 1.05 bits per heavy atom. The fraction of sp³-hybridized carbons (Fsp3) is 0.207. The first-order valence-electron chi connectivity index (χ1n) is 12.2. The zero-order valence-corrected chi connectivity index (χ0v) is 21.7. The second kappa shape index (κ2) is 10.3. The first-order chi connectivity index (χ1) is 18.8. The van der Waals surface area contributed by atoms with Crippen molar-refractivity contribution in [3.05, 3.63) is 117 Å². The number of amides is 3.